The van der Waals surface area contributed by atoms with Gasteiger partial charge in [-0.25, -0.2) is 0 Å². The van der Waals surface area contributed by atoms with E-state index in [1.165, 1.54) is 5.51 Å². The van der Waals surface area contributed by atoms with Gasteiger partial charge in [-0.05, 0) is 0 Å². The lowest BCUT2D eigenvalue weighted by molar-refractivity contribution is -0.138. The number of carbonyl (C=O) groups excluding carboxylic acids is 1. The van der Waals surface area contributed by atoms with Crippen LogP contribution in [0.5, 0.6) is 0 Å². The second-order valence-corrected chi connectivity index (χ2v) is 3.27. The molecule has 9 heteroatoms. The molecule has 0 unspecified atom stereocenters. The number of anilines is 1. The monoisotopic (exact) mass is 234 g/mol. The molecule has 1 aromatic rings. The van der Waals surface area contributed by atoms with Crippen LogP contribution in [0.25, 0.3) is 0 Å². The Labute approximate surface area is 88.4 Å². The van der Waals surface area contributed by atoms with Crippen molar-refractivity contribution in [3.05, 3.63) is 5.51 Å². The van der Waals surface area contributed by atoms with Crippen LogP contribution in [0.15, 0.2) is 5.51 Å². The van der Waals surface area contributed by atoms with Crippen LogP contribution in [-0.4, -0.2) is 38.7 Å². The van der Waals surface area contributed by atoms with Crippen LogP contribution in [0, 0.1) is 0 Å². The van der Waals surface area contributed by atoms with E-state index in [2.05, 4.69) is 15.5 Å². The highest BCUT2D eigenvalue weighted by molar-refractivity contribution is 7.13. The Kier molecular flexibility index (Phi) is 5.37. The second kappa shape index (κ2) is 6.01. The zero-order valence-corrected chi connectivity index (χ0v) is 8.32. The number of carbonyl (C=O) groups is 2. The molecule has 1 heterocycles. The highest BCUT2D eigenvalue weighted by atomic mass is 32.1. The first-order valence-electron chi connectivity index (χ1n) is 3.64. The number of nitrogens with zero attached hydrogens (tertiary/aromatic N) is 2. The highest BCUT2D eigenvalue weighted by Crippen LogP contribution is 2.08. The Balaban J connectivity index is 0.00000196. The molecule has 15 heavy (non-hydrogen) atoms. The maximum absolute atomic E-state index is 11.2. The molecule has 0 aliphatic carbocycles. The number of rotatable bonds is 4. The van der Waals surface area contributed by atoms with Crippen molar-refractivity contribution in [2.75, 3.05) is 5.32 Å². The number of aliphatic carboxylic acids is 1. The Morgan fingerprint density at radius 1 is 1.67 bits per heavy atom. The molecule has 1 aromatic heterocycles. The van der Waals surface area contributed by atoms with Crippen LogP contribution in [0.4, 0.5) is 5.13 Å². The van der Waals surface area contributed by atoms with Crippen LogP contribution in [-0.2, 0) is 9.59 Å². The summed E-state index contributed by atoms with van der Waals surface area (Å²) in [6.45, 7) is 0. The van der Waals surface area contributed by atoms with Crippen molar-refractivity contribution in [1.82, 2.24) is 10.2 Å². The zero-order valence-electron chi connectivity index (χ0n) is 7.51. The second-order valence-electron chi connectivity index (χ2n) is 2.44. The summed E-state index contributed by atoms with van der Waals surface area (Å²) in [6, 6.07) is -1.07. The lowest BCUT2D eigenvalue weighted by atomic mass is 10.2. The summed E-state index contributed by atoms with van der Waals surface area (Å²) in [7, 11) is 0. The Bertz CT molecular complexity index is 328. The molecule has 0 aliphatic heterocycles. The van der Waals surface area contributed by atoms with E-state index in [9.17, 15) is 9.59 Å². The van der Waals surface area contributed by atoms with Crippen LogP contribution < -0.4 is 11.1 Å². The number of hydrogen-bond acceptors (Lipinski definition) is 6. The van der Waals surface area contributed by atoms with E-state index >= 15 is 0 Å². The van der Waals surface area contributed by atoms with Crippen molar-refractivity contribution >= 4 is 28.3 Å². The number of carboxylic acids is 1. The van der Waals surface area contributed by atoms with Crippen molar-refractivity contribution in [2.24, 2.45) is 5.73 Å². The van der Waals surface area contributed by atoms with Gasteiger partial charge in [0.2, 0.25) is 11.0 Å². The standard InChI is InChI=1S/C6H8N4O3S.H2O/c7-3(1-4(11)12)5(13)9-6-10-8-2-14-6;/h2-3H,1,7H2,(H,11,12)(H,9,10,13);1H2/t3-;/m0./s1. The number of carboxylic acid groups (broad SMARTS) is 1. The molecule has 0 aromatic carbocycles. The zero-order chi connectivity index (χ0) is 10.6. The van der Waals surface area contributed by atoms with Gasteiger partial charge in [0.05, 0.1) is 12.5 Å². The summed E-state index contributed by atoms with van der Waals surface area (Å²) < 4.78 is 0. The maximum Gasteiger partial charge on any atom is 0.305 e. The van der Waals surface area contributed by atoms with Crippen LogP contribution in [0.3, 0.4) is 0 Å². The summed E-state index contributed by atoms with van der Waals surface area (Å²) in [5.74, 6) is -1.70. The number of nitrogens with one attached hydrogen (secondary N) is 1. The average molecular weight is 234 g/mol. The summed E-state index contributed by atoms with van der Waals surface area (Å²) in [5.41, 5.74) is 6.74. The molecule has 0 spiro atoms. The Morgan fingerprint density at radius 3 is 2.80 bits per heavy atom. The number of nitrogens with two attached hydrogens (primary N) is 1. The number of aromatic nitrogens is 2. The van der Waals surface area contributed by atoms with E-state index < -0.39 is 24.3 Å². The van der Waals surface area contributed by atoms with Gasteiger partial charge >= 0.3 is 5.97 Å². The van der Waals surface area contributed by atoms with Crippen molar-refractivity contribution in [1.29, 1.82) is 0 Å². The molecule has 0 bridgehead atoms. The van der Waals surface area contributed by atoms with Gasteiger partial charge in [0.1, 0.15) is 5.51 Å². The van der Waals surface area contributed by atoms with Gasteiger partial charge in [0.25, 0.3) is 0 Å². The van der Waals surface area contributed by atoms with Gasteiger partial charge < -0.3 is 16.3 Å². The van der Waals surface area contributed by atoms with Gasteiger partial charge in [0.15, 0.2) is 0 Å². The summed E-state index contributed by atoms with van der Waals surface area (Å²) in [5, 5.41) is 18.1. The minimum Gasteiger partial charge on any atom is -0.481 e. The fraction of sp³-hybridized carbons (Fsp3) is 0.333. The highest BCUT2D eigenvalue weighted by Gasteiger charge is 2.17. The van der Waals surface area contributed by atoms with E-state index in [0.29, 0.717) is 5.13 Å². The van der Waals surface area contributed by atoms with Crippen molar-refractivity contribution in [2.45, 2.75) is 12.5 Å². The summed E-state index contributed by atoms with van der Waals surface area (Å²) in [4.78, 5) is 21.4. The smallest absolute Gasteiger partial charge is 0.305 e. The first-order chi connectivity index (χ1) is 6.59. The number of amides is 1. The third-order valence-electron chi connectivity index (χ3n) is 1.32. The minimum atomic E-state index is -1.12. The van der Waals surface area contributed by atoms with Crippen LogP contribution >= 0.6 is 11.3 Å². The molecule has 0 saturated heterocycles. The van der Waals surface area contributed by atoms with Gasteiger partial charge in [-0.2, -0.15) is 0 Å². The summed E-state index contributed by atoms with van der Waals surface area (Å²) >= 11 is 1.13. The van der Waals surface area contributed by atoms with E-state index in [0.717, 1.165) is 11.3 Å². The quantitative estimate of drug-likeness (QED) is 0.574. The average Bonchev–Trinajstić information content (AvgIpc) is 2.55. The van der Waals surface area contributed by atoms with Gasteiger partial charge in [-0.3, -0.25) is 14.9 Å². The van der Waals surface area contributed by atoms with Crippen LogP contribution in [0.2, 0.25) is 0 Å². The van der Waals surface area contributed by atoms with E-state index in [-0.39, 0.29) is 5.48 Å². The third-order valence-corrected chi connectivity index (χ3v) is 1.93. The normalized spacial score (nSPS) is 11.3. The summed E-state index contributed by atoms with van der Waals surface area (Å²) in [6.07, 6.45) is -0.412. The number of hydrogen-bond donors (Lipinski definition) is 3. The van der Waals surface area contributed by atoms with Gasteiger partial charge in [0, 0.05) is 0 Å². The minimum absolute atomic E-state index is 0. The van der Waals surface area contributed by atoms with Crippen molar-refractivity contribution in [3.8, 4) is 0 Å². The predicted molar refractivity (Wildman–Crippen MR) is 52.4 cm³/mol. The molecule has 0 radical (unpaired) electrons. The Morgan fingerprint density at radius 2 is 2.33 bits per heavy atom. The first-order valence-corrected chi connectivity index (χ1v) is 4.52. The molecular formula is C6H10N4O4S. The molecule has 0 aliphatic rings. The molecule has 0 fully saturated rings. The fourth-order valence-electron chi connectivity index (χ4n) is 0.706. The maximum atomic E-state index is 11.2. The largest absolute Gasteiger partial charge is 0.481 e. The fourth-order valence-corrected chi connectivity index (χ4v) is 1.15. The van der Waals surface area contributed by atoms with Crippen molar-refractivity contribution < 1.29 is 20.2 Å². The topological polar surface area (TPSA) is 150 Å². The van der Waals surface area contributed by atoms with E-state index in [4.69, 9.17) is 10.8 Å². The van der Waals surface area contributed by atoms with E-state index in [1.807, 2.05) is 0 Å². The van der Waals surface area contributed by atoms with Gasteiger partial charge in [-0.1, -0.05) is 11.3 Å². The van der Waals surface area contributed by atoms with Gasteiger partial charge in [-0.15, -0.1) is 10.2 Å². The predicted octanol–water partition coefficient (Wildman–Crippen LogP) is -1.55. The first kappa shape index (κ1) is 13.4. The van der Waals surface area contributed by atoms with E-state index in [1.54, 1.807) is 0 Å². The molecule has 1 atom stereocenters. The SMILES string of the molecule is N[C@@H](CC(=O)O)C(=O)Nc1nncs1.O. The van der Waals surface area contributed by atoms with Crippen LogP contribution in [0.1, 0.15) is 6.42 Å². The lowest BCUT2D eigenvalue weighted by Crippen LogP contribution is -2.37. The molecule has 8 nitrogen and oxygen atoms in total. The molecule has 6 N–H and O–H groups in total. The third kappa shape index (κ3) is 4.44. The van der Waals surface area contributed by atoms with Crippen molar-refractivity contribution in [3.63, 3.8) is 0 Å². The Hall–Kier alpha value is -1.58. The molecule has 0 saturated carbocycles. The molecular weight excluding hydrogens is 224 g/mol. The molecule has 1 rings (SSSR count). The lowest BCUT2D eigenvalue weighted by Gasteiger charge is -2.06. The molecule has 84 valence electrons. The molecule has 1 amide bonds.